The smallest absolute Gasteiger partial charge is 0.274 e. The quantitative estimate of drug-likeness (QED) is 0.477. The van der Waals surface area contributed by atoms with Crippen molar-refractivity contribution in [1.29, 1.82) is 0 Å². The van der Waals surface area contributed by atoms with Gasteiger partial charge in [-0.1, -0.05) is 47.6 Å². The lowest BCUT2D eigenvalue weighted by atomic mass is 10.2. The average molecular weight is 418 g/mol. The summed E-state index contributed by atoms with van der Waals surface area (Å²) in [5, 5.41) is 6.82. The van der Waals surface area contributed by atoms with E-state index in [1.54, 1.807) is 30.0 Å². The van der Waals surface area contributed by atoms with E-state index in [2.05, 4.69) is 15.5 Å². The van der Waals surface area contributed by atoms with Gasteiger partial charge in [0.1, 0.15) is 12.2 Å². The first-order valence-electron chi connectivity index (χ1n) is 9.17. The van der Waals surface area contributed by atoms with Crippen molar-refractivity contribution >= 4 is 23.4 Å². The molecule has 0 unspecified atom stereocenters. The molecule has 0 aliphatic heterocycles. The molecule has 2 aromatic carbocycles. The van der Waals surface area contributed by atoms with Crippen molar-refractivity contribution in [2.75, 3.05) is 11.6 Å². The third-order valence-electron chi connectivity index (χ3n) is 4.38. The fraction of sp³-hybridized carbons (Fsp3) is 0.0909. The second-order valence-electron chi connectivity index (χ2n) is 6.40. The summed E-state index contributed by atoms with van der Waals surface area (Å²) in [6.07, 6.45) is 1.96. The predicted molar refractivity (Wildman–Crippen MR) is 116 cm³/mol. The number of thioether (sulfide) groups is 1. The number of carbonyl (C=O) groups is 1. The standard InChI is InChI=1S/C22H18N4O3S/c1-30-17-10-5-9-16(13-17)23-19(27)14-26-18(11-6-12-20(26)28)22-24-21(25-29-22)15-7-3-2-4-8-15/h2-13H,14H2,1H3,(H,23,27). The van der Waals surface area contributed by atoms with Crippen molar-refractivity contribution in [2.24, 2.45) is 0 Å². The topological polar surface area (TPSA) is 90.0 Å². The molecule has 150 valence electrons. The van der Waals surface area contributed by atoms with Gasteiger partial charge in [-0.2, -0.15) is 4.98 Å². The van der Waals surface area contributed by atoms with Gasteiger partial charge in [-0.05, 0) is 30.5 Å². The zero-order valence-electron chi connectivity index (χ0n) is 16.1. The molecule has 0 radical (unpaired) electrons. The largest absolute Gasteiger partial charge is 0.332 e. The Labute approximate surface area is 176 Å². The Morgan fingerprint density at radius 1 is 1.07 bits per heavy atom. The van der Waals surface area contributed by atoms with Crippen molar-refractivity contribution in [1.82, 2.24) is 14.7 Å². The van der Waals surface area contributed by atoms with Crippen LogP contribution >= 0.6 is 11.8 Å². The minimum Gasteiger partial charge on any atom is -0.332 e. The summed E-state index contributed by atoms with van der Waals surface area (Å²) in [5.41, 5.74) is 1.51. The lowest BCUT2D eigenvalue weighted by molar-refractivity contribution is -0.116. The van der Waals surface area contributed by atoms with E-state index in [-0.39, 0.29) is 23.9 Å². The molecular formula is C22H18N4O3S. The van der Waals surface area contributed by atoms with E-state index in [1.807, 2.05) is 54.8 Å². The van der Waals surface area contributed by atoms with Crippen LogP contribution in [0.15, 0.2) is 87.0 Å². The van der Waals surface area contributed by atoms with E-state index in [0.717, 1.165) is 10.5 Å². The lowest BCUT2D eigenvalue weighted by Gasteiger charge is -2.11. The molecule has 1 N–H and O–H groups in total. The molecule has 0 aliphatic carbocycles. The third-order valence-corrected chi connectivity index (χ3v) is 5.11. The SMILES string of the molecule is CSc1cccc(NC(=O)Cn2c(-c3nc(-c4ccccc4)no3)cccc2=O)c1. The monoisotopic (exact) mass is 418 g/mol. The Hall–Kier alpha value is -3.65. The van der Waals surface area contributed by atoms with Crippen LogP contribution in [-0.4, -0.2) is 26.9 Å². The Morgan fingerprint density at radius 2 is 1.87 bits per heavy atom. The van der Waals surface area contributed by atoms with E-state index in [1.165, 1.54) is 10.6 Å². The highest BCUT2D eigenvalue weighted by Crippen LogP contribution is 2.22. The fourth-order valence-corrected chi connectivity index (χ4v) is 3.41. The predicted octanol–water partition coefficient (Wildman–Crippen LogP) is 3.93. The third kappa shape index (κ3) is 4.33. The highest BCUT2D eigenvalue weighted by Gasteiger charge is 2.17. The number of aromatic nitrogens is 3. The molecule has 30 heavy (non-hydrogen) atoms. The van der Waals surface area contributed by atoms with Gasteiger partial charge < -0.3 is 9.84 Å². The molecular weight excluding hydrogens is 400 g/mol. The van der Waals surface area contributed by atoms with Crippen LogP contribution in [0.2, 0.25) is 0 Å². The summed E-state index contributed by atoms with van der Waals surface area (Å²) in [5.74, 6) is 0.251. The van der Waals surface area contributed by atoms with Gasteiger partial charge in [0.25, 0.3) is 11.4 Å². The number of nitrogens with zero attached hydrogens (tertiary/aromatic N) is 3. The van der Waals surface area contributed by atoms with Crippen molar-refractivity contribution in [2.45, 2.75) is 11.4 Å². The summed E-state index contributed by atoms with van der Waals surface area (Å²) < 4.78 is 6.69. The number of hydrogen-bond acceptors (Lipinski definition) is 6. The first kappa shape index (κ1) is 19.7. The normalized spacial score (nSPS) is 10.7. The average Bonchev–Trinajstić information content (AvgIpc) is 3.26. The van der Waals surface area contributed by atoms with E-state index in [0.29, 0.717) is 17.2 Å². The van der Waals surface area contributed by atoms with Gasteiger partial charge >= 0.3 is 0 Å². The molecule has 4 rings (SSSR count). The molecule has 0 spiro atoms. The van der Waals surface area contributed by atoms with Crippen LogP contribution in [0.5, 0.6) is 0 Å². The number of pyridine rings is 1. The van der Waals surface area contributed by atoms with Crippen LogP contribution in [0.3, 0.4) is 0 Å². The van der Waals surface area contributed by atoms with Crippen LogP contribution in [0.25, 0.3) is 23.0 Å². The van der Waals surface area contributed by atoms with Gasteiger partial charge in [0, 0.05) is 22.2 Å². The van der Waals surface area contributed by atoms with Crippen molar-refractivity contribution in [3.8, 4) is 23.0 Å². The van der Waals surface area contributed by atoms with Gasteiger partial charge in [0.15, 0.2) is 0 Å². The Morgan fingerprint density at radius 3 is 2.67 bits per heavy atom. The van der Waals surface area contributed by atoms with Gasteiger partial charge in [-0.25, -0.2) is 0 Å². The molecule has 0 fully saturated rings. The van der Waals surface area contributed by atoms with Crippen molar-refractivity contribution in [3.63, 3.8) is 0 Å². The van der Waals surface area contributed by atoms with Gasteiger partial charge in [-0.3, -0.25) is 14.2 Å². The van der Waals surface area contributed by atoms with Crippen LogP contribution in [0.4, 0.5) is 5.69 Å². The molecule has 8 heteroatoms. The highest BCUT2D eigenvalue weighted by atomic mass is 32.2. The van der Waals surface area contributed by atoms with Gasteiger partial charge in [-0.15, -0.1) is 11.8 Å². The number of benzene rings is 2. The number of anilines is 1. The molecule has 4 aromatic rings. The molecule has 1 amide bonds. The Bertz CT molecular complexity index is 1230. The van der Waals surface area contributed by atoms with Crippen molar-refractivity contribution < 1.29 is 9.32 Å². The van der Waals surface area contributed by atoms with E-state index in [9.17, 15) is 9.59 Å². The lowest BCUT2D eigenvalue weighted by Crippen LogP contribution is -2.28. The second kappa shape index (κ2) is 8.79. The highest BCUT2D eigenvalue weighted by molar-refractivity contribution is 7.98. The number of rotatable bonds is 6. The van der Waals surface area contributed by atoms with E-state index < -0.39 is 0 Å². The molecule has 0 saturated heterocycles. The maximum Gasteiger partial charge on any atom is 0.274 e. The van der Waals surface area contributed by atoms with Crippen LogP contribution in [0.1, 0.15) is 0 Å². The summed E-state index contributed by atoms with van der Waals surface area (Å²) in [6, 6.07) is 21.5. The van der Waals surface area contributed by atoms with E-state index >= 15 is 0 Å². The molecule has 2 heterocycles. The van der Waals surface area contributed by atoms with Crippen LogP contribution < -0.4 is 10.9 Å². The molecule has 7 nitrogen and oxygen atoms in total. The molecule has 0 saturated carbocycles. The zero-order valence-corrected chi connectivity index (χ0v) is 16.9. The number of amides is 1. The van der Waals surface area contributed by atoms with E-state index in [4.69, 9.17) is 4.52 Å². The first-order valence-corrected chi connectivity index (χ1v) is 10.4. The maximum absolute atomic E-state index is 12.6. The summed E-state index contributed by atoms with van der Waals surface area (Å²) >= 11 is 1.58. The zero-order chi connectivity index (χ0) is 20.9. The minimum atomic E-state index is -0.333. The summed E-state index contributed by atoms with van der Waals surface area (Å²) in [6.45, 7) is -0.179. The first-order chi connectivity index (χ1) is 14.6. The number of carbonyl (C=O) groups excluding carboxylic acids is 1. The van der Waals surface area contributed by atoms with Crippen LogP contribution in [0, 0.1) is 0 Å². The molecule has 2 aromatic heterocycles. The molecule has 0 bridgehead atoms. The molecule has 0 aliphatic rings. The van der Waals surface area contributed by atoms with Crippen molar-refractivity contribution in [3.05, 3.63) is 83.2 Å². The Kier molecular flexibility index (Phi) is 5.76. The fourth-order valence-electron chi connectivity index (χ4n) is 2.95. The number of hydrogen-bond donors (Lipinski definition) is 1. The van der Waals surface area contributed by atoms with Gasteiger partial charge in [0.2, 0.25) is 11.7 Å². The van der Waals surface area contributed by atoms with Gasteiger partial charge in [0.05, 0.1) is 0 Å². The maximum atomic E-state index is 12.6. The second-order valence-corrected chi connectivity index (χ2v) is 7.28. The molecule has 0 atom stereocenters. The summed E-state index contributed by atoms with van der Waals surface area (Å²) in [7, 11) is 0. The van der Waals surface area contributed by atoms with Crippen LogP contribution in [-0.2, 0) is 11.3 Å². The Balaban J connectivity index is 1.60. The minimum absolute atomic E-state index is 0.170. The summed E-state index contributed by atoms with van der Waals surface area (Å²) in [4.78, 5) is 30.5. The number of nitrogens with one attached hydrogen (secondary N) is 1.